The minimum atomic E-state index is -1.43. The average molecular weight is 465 g/mol. The van der Waals surface area contributed by atoms with E-state index in [0.29, 0.717) is 5.92 Å². The molecule has 8 N–H and O–H groups in total. The highest BCUT2D eigenvalue weighted by Crippen LogP contribution is 2.30. The molecule has 2 aliphatic rings. The number of aliphatic hydroxyl groups excluding tert-OH is 4. The number of nitrogens with two attached hydrogens (primary N) is 1. The van der Waals surface area contributed by atoms with Crippen LogP contribution in [0.2, 0.25) is 0 Å². The molecule has 0 aliphatic carbocycles. The first kappa shape index (κ1) is 26.7. The fourth-order valence-corrected chi connectivity index (χ4v) is 5.30. The summed E-state index contributed by atoms with van der Waals surface area (Å²) in [5.74, 6) is 0.257. The summed E-state index contributed by atoms with van der Waals surface area (Å²) in [4.78, 5) is 15.2. The number of likely N-dealkylation sites (N-methyl/N-ethyl adjacent to an activating group) is 1. The molecule has 2 fully saturated rings. The second-order valence-electron chi connectivity index (χ2n) is 8.76. The molecule has 182 valence electrons. The number of carbonyl (C=O) groups excluding carboxylic acids is 1. The van der Waals surface area contributed by atoms with Crippen molar-refractivity contribution in [3.8, 4) is 0 Å². The maximum absolute atomic E-state index is 13.2. The van der Waals surface area contributed by atoms with E-state index in [-0.39, 0.29) is 18.5 Å². The van der Waals surface area contributed by atoms with Crippen molar-refractivity contribution in [2.45, 2.75) is 87.3 Å². The van der Waals surface area contributed by atoms with Gasteiger partial charge in [-0.2, -0.15) is 0 Å². The normalized spacial score (nSPS) is 37.4. The summed E-state index contributed by atoms with van der Waals surface area (Å²) in [6.07, 6.45) is -1.51. The predicted octanol–water partition coefficient (Wildman–Crippen LogP) is -1.98. The molecule has 11 heteroatoms. The van der Waals surface area contributed by atoms with Gasteiger partial charge >= 0.3 is 0 Å². The molecular weight excluding hydrogens is 424 g/mol. The third-order valence-corrected chi connectivity index (χ3v) is 7.21. The Labute approximate surface area is 188 Å². The van der Waals surface area contributed by atoms with Crippen LogP contribution in [0.5, 0.6) is 0 Å². The second kappa shape index (κ2) is 12.1. The molecular formula is C20H40N4O6S. The molecule has 0 saturated carbocycles. The molecule has 2 aliphatic heterocycles. The number of carbonyl (C=O) groups is 1. The molecule has 4 unspecified atom stereocenters. The van der Waals surface area contributed by atoms with Crippen molar-refractivity contribution in [2.24, 2.45) is 11.7 Å². The molecule has 10 nitrogen and oxygen atoms in total. The Morgan fingerprint density at radius 3 is 2.55 bits per heavy atom. The number of nitrogens with one attached hydrogen (secondary N) is 2. The van der Waals surface area contributed by atoms with Crippen molar-refractivity contribution in [3.63, 3.8) is 0 Å². The summed E-state index contributed by atoms with van der Waals surface area (Å²) < 4.78 is 5.90. The van der Waals surface area contributed by atoms with Crippen molar-refractivity contribution in [2.75, 3.05) is 26.4 Å². The lowest BCUT2D eigenvalue weighted by atomic mass is 9.90. The number of hydrogen-bond acceptors (Lipinski definition) is 10. The van der Waals surface area contributed by atoms with E-state index in [9.17, 15) is 25.2 Å². The lowest BCUT2D eigenvalue weighted by Crippen LogP contribution is -2.68. The molecule has 0 aromatic heterocycles. The molecule has 2 heterocycles. The van der Waals surface area contributed by atoms with Gasteiger partial charge < -0.3 is 36.2 Å². The molecule has 0 radical (unpaired) electrons. The van der Waals surface area contributed by atoms with Crippen LogP contribution in [0.3, 0.4) is 0 Å². The van der Waals surface area contributed by atoms with Gasteiger partial charge in [0.25, 0.3) is 0 Å². The molecule has 10 atom stereocenters. The summed E-state index contributed by atoms with van der Waals surface area (Å²) in [7, 11) is 1.92. The number of ether oxygens (including phenoxy) is 1. The van der Waals surface area contributed by atoms with Crippen LogP contribution in [0, 0.1) is 5.92 Å². The van der Waals surface area contributed by atoms with Crippen molar-refractivity contribution in [3.05, 3.63) is 0 Å². The van der Waals surface area contributed by atoms with Crippen molar-refractivity contribution in [1.29, 1.82) is 0 Å². The van der Waals surface area contributed by atoms with E-state index < -0.39 is 48.2 Å². The fraction of sp³-hybridized carbons (Fsp3) is 0.950. The van der Waals surface area contributed by atoms with Gasteiger partial charge in [0.05, 0.1) is 12.1 Å². The molecule has 0 aromatic rings. The van der Waals surface area contributed by atoms with Crippen LogP contribution in [-0.2, 0) is 9.53 Å². The van der Waals surface area contributed by atoms with Gasteiger partial charge in [-0.05, 0) is 39.0 Å². The highest BCUT2D eigenvalue weighted by Gasteiger charge is 2.48. The summed E-state index contributed by atoms with van der Waals surface area (Å²) in [5, 5.41) is 47.0. The highest BCUT2D eigenvalue weighted by molar-refractivity contribution is 7.99. The Hall–Kier alpha value is -0.500. The monoisotopic (exact) mass is 464 g/mol. The predicted molar refractivity (Wildman–Crippen MR) is 119 cm³/mol. The van der Waals surface area contributed by atoms with E-state index in [0.717, 1.165) is 25.8 Å². The van der Waals surface area contributed by atoms with E-state index in [2.05, 4.69) is 17.6 Å². The molecule has 31 heavy (non-hydrogen) atoms. The van der Waals surface area contributed by atoms with Gasteiger partial charge in [-0.15, -0.1) is 11.8 Å². The molecule has 1 amide bonds. The van der Waals surface area contributed by atoms with Crippen molar-refractivity contribution >= 4 is 17.7 Å². The Kier molecular flexibility index (Phi) is 10.4. The Bertz CT molecular complexity index is 574. The minimum Gasteiger partial charge on any atom is -0.388 e. The molecule has 0 bridgehead atoms. The largest absolute Gasteiger partial charge is 0.388 e. The number of likely N-dealkylation sites (tertiary alicyclic amines) is 1. The van der Waals surface area contributed by atoms with Crippen LogP contribution in [-0.4, -0.2) is 112 Å². The topological polar surface area (TPSA) is 161 Å². The van der Waals surface area contributed by atoms with Gasteiger partial charge in [0.15, 0.2) is 0 Å². The third kappa shape index (κ3) is 6.52. The third-order valence-electron chi connectivity index (χ3n) is 6.35. The molecule has 0 spiro atoms. The SMILES string of the molecule is CCC[C@@H]1C[C@@H](C(=O)N[C@H]([C@H](C)NC(O)CN)[C@H]2OC(SC)[C@H](O)C(O)C2O)N(C)C1. The van der Waals surface area contributed by atoms with Crippen LogP contribution >= 0.6 is 11.8 Å². The number of aliphatic hydroxyl groups is 4. The first-order valence-electron chi connectivity index (χ1n) is 11.0. The van der Waals surface area contributed by atoms with Gasteiger partial charge in [0, 0.05) is 19.1 Å². The maximum Gasteiger partial charge on any atom is 0.237 e. The van der Waals surface area contributed by atoms with Crippen LogP contribution in [0.15, 0.2) is 0 Å². The van der Waals surface area contributed by atoms with Gasteiger partial charge in [0.1, 0.15) is 36.1 Å². The van der Waals surface area contributed by atoms with Crippen LogP contribution in [0.25, 0.3) is 0 Å². The lowest BCUT2D eigenvalue weighted by molar-refractivity contribution is -0.207. The van der Waals surface area contributed by atoms with E-state index in [1.807, 2.05) is 11.9 Å². The first-order chi connectivity index (χ1) is 14.6. The Morgan fingerprint density at radius 2 is 1.97 bits per heavy atom. The zero-order valence-electron chi connectivity index (χ0n) is 18.8. The van der Waals surface area contributed by atoms with E-state index in [4.69, 9.17) is 10.5 Å². The quantitative estimate of drug-likeness (QED) is 0.180. The summed E-state index contributed by atoms with van der Waals surface area (Å²) in [6, 6.07) is -1.62. The smallest absolute Gasteiger partial charge is 0.237 e. The maximum atomic E-state index is 13.2. The summed E-state index contributed by atoms with van der Waals surface area (Å²) in [6.45, 7) is 4.68. The average Bonchev–Trinajstić information content (AvgIpc) is 3.11. The van der Waals surface area contributed by atoms with Gasteiger partial charge in [-0.1, -0.05) is 13.3 Å². The van der Waals surface area contributed by atoms with Crippen molar-refractivity contribution < 1.29 is 30.0 Å². The van der Waals surface area contributed by atoms with E-state index in [1.165, 1.54) is 11.8 Å². The van der Waals surface area contributed by atoms with Crippen LogP contribution in [0.1, 0.15) is 33.1 Å². The molecule has 2 rings (SSSR count). The number of rotatable bonds is 10. The minimum absolute atomic E-state index is 0.0298. The van der Waals surface area contributed by atoms with Gasteiger partial charge in [-0.3, -0.25) is 15.0 Å². The zero-order valence-corrected chi connectivity index (χ0v) is 19.7. The zero-order chi connectivity index (χ0) is 23.3. The number of hydrogen-bond donors (Lipinski definition) is 7. The second-order valence-corrected chi connectivity index (χ2v) is 9.70. The Balaban J connectivity index is 2.21. The first-order valence-corrected chi connectivity index (χ1v) is 12.3. The van der Waals surface area contributed by atoms with Crippen molar-refractivity contribution in [1.82, 2.24) is 15.5 Å². The number of thioether (sulfide) groups is 1. The molecule has 2 saturated heterocycles. The van der Waals surface area contributed by atoms with Gasteiger partial charge in [0.2, 0.25) is 5.91 Å². The van der Waals surface area contributed by atoms with E-state index in [1.54, 1.807) is 13.2 Å². The van der Waals surface area contributed by atoms with Crippen LogP contribution in [0.4, 0.5) is 0 Å². The number of nitrogens with zero attached hydrogens (tertiary/aromatic N) is 1. The molecule has 0 aromatic carbocycles. The Morgan fingerprint density at radius 1 is 1.29 bits per heavy atom. The van der Waals surface area contributed by atoms with Crippen LogP contribution < -0.4 is 16.4 Å². The highest BCUT2D eigenvalue weighted by atomic mass is 32.2. The fourth-order valence-electron chi connectivity index (χ4n) is 4.62. The summed E-state index contributed by atoms with van der Waals surface area (Å²) >= 11 is 1.21. The standard InChI is InChI=1S/C20H40N4O6S/c1-5-6-11-7-12(24(3)9-11)19(29)23-14(10(2)22-13(25)8-21)18-16(27)15(26)17(28)20(30-18)31-4/h10-18,20,22,25-28H,5-9,21H2,1-4H3,(H,23,29)/t10-,11+,12-,13?,14+,15?,16?,17+,18+,20?/m0/s1. The number of amides is 1. The lowest BCUT2D eigenvalue weighted by Gasteiger charge is -2.45. The van der Waals surface area contributed by atoms with E-state index >= 15 is 0 Å². The van der Waals surface area contributed by atoms with Gasteiger partial charge in [-0.25, -0.2) is 0 Å². The summed E-state index contributed by atoms with van der Waals surface area (Å²) in [5.41, 5.74) is 4.74.